The second-order valence-electron chi connectivity index (χ2n) is 19.2. The van der Waals surface area contributed by atoms with Crippen LogP contribution in [0.5, 0.6) is 0 Å². The predicted octanol–water partition coefficient (Wildman–Crippen LogP) is 5.79. The summed E-state index contributed by atoms with van der Waals surface area (Å²) in [5.74, 6) is -7.54. The van der Waals surface area contributed by atoms with Gasteiger partial charge in [0.2, 0.25) is 5.91 Å². The summed E-state index contributed by atoms with van der Waals surface area (Å²) in [5.41, 5.74) is -5.58. The quantitative estimate of drug-likeness (QED) is 0.105. The first-order chi connectivity index (χ1) is 31.7. The number of ether oxygens (including phenoxy) is 5. The van der Waals surface area contributed by atoms with Crippen molar-refractivity contribution in [1.82, 2.24) is 10.6 Å². The number of carbonyl (C=O) groups excluding carboxylic acids is 7. The lowest BCUT2D eigenvalue weighted by Gasteiger charge is -2.68. The summed E-state index contributed by atoms with van der Waals surface area (Å²) in [4.78, 5) is 97.7. The highest BCUT2D eigenvalue weighted by Crippen LogP contribution is 2.65. The van der Waals surface area contributed by atoms with Crippen molar-refractivity contribution in [3.63, 3.8) is 0 Å². The molecule has 15 nitrogen and oxygen atoms in total. The number of Topliss-reactive ketones (excluding diaryl/α,β-unsaturated/α-hetero) is 1. The molecule has 2 amide bonds. The van der Waals surface area contributed by atoms with E-state index in [4.69, 9.17) is 23.7 Å². The smallest absolute Gasteiger partial charge is 0.338 e. The number of nitrogens with one attached hydrogen (secondary N) is 2. The molecule has 0 aromatic heterocycles. The van der Waals surface area contributed by atoms with E-state index in [-0.39, 0.29) is 43.0 Å². The predicted molar refractivity (Wildman–Crippen MR) is 242 cm³/mol. The number of benzene rings is 3. The van der Waals surface area contributed by atoms with Crippen molar-refractivity contribution in [1.29, 1.82) is 0 Å². The van der Waals surface area contributed by atoms with Crippen molar-refractivity contribution < 1.29 is 62.4 Å². The Morgan fingerprint density at radius 1 is 0.851 bits per heavy atom. The third kappa shape index (κ3) is 8.79. The Bertz CT molecular complexity index is 2440. The monoisotopic (exact) mass is 920 g/mol. The summed E-state index contributed by atoms with van der Waals surface area (Å²) >= 11 is 0. The number of carbonyl (C=O) groups is 7. The molecule has 67 heavy (non-hydrogen) atoms. The van der Waals surface area contributed by atoms with Crippen LogP contribution in [0.25, 0.3) is 0 Å². The number of hydrogen-bond donors (Lipinski definition) is 3. The number of esters is 4. The van der Waals surface area contributed by atoms with Gasteiger partial charge in [0.25, 0.3) is 5.91 Å². The summed E-state index contributed by atoms with van der Waals surface area (Å²) < 4.78 is 31.6. The van der Waals surface area contributed by atoms with Crippen molar-refractivity contribution in [2.75, 3.05) is 13.2 Å². The number of rotatable bonds is 13. The number of aliphatic hydroxyl groups is 1. The molecule has 3 aromatic carbocycles. The molecule has 3 aliphatic carbocycles. The van der Waals surface area contributed by atoms with Gasteiger partial charge < -0.3 is 39.4 Å². The number of amides is 2. The van der Waals surface area contributed by atoms with E-state index in [9.17, 15) is 33.9 Å². The van der Waals surface area contributed by atoms with Crippen LogP contribution in [0.3, 0.4) is 0 Å². The van der Waals surface area contributed by atoms with Crippen molar-refractivity contribution >= 4 is 41.5 Å². The van der Waals surface area contributed by atoms with Gasteiger partial charge in [-0.1, -0.05) is 94.4 Å². The second kappa shape index (κ2) is 18.8. The maximum absolute atomic E-state index is 16.0. The van der Waals surface area contributed by atoms with Crippen LogP contribution in [0.15, 0.2) is 102 Å². The van der Waals surface area contributed by atoms with Crippen LogP contribution in [0.4, 0.5) is 0 Å². The molecule has 0 radical (unpaired) electrons. The average Bonchev–Trinajstić information content (AvgIpc) is 3.29. The first-order valence-electron chi connectivity index (χ1n) is 22.8. The fourth-order valence-electron chi connectivity index (χ4n) is 11.0. The molecule has 15 heteroatoms. The summed E-state index contributed by atoms with van der Waals surface area (Å²) in [6.45, 7) is 12.2. The van der Waals surface area contributed by atoms with Gasteiger partial charge in [-0.3, -0.25) is 28.8 Å². The fourth-order valence-corrected chi connectivity index (χ4v) is 11.0. The van der Waals surface area contributed by atoms with Crippen molar-refractivity contribution in [3.8, 4) is 0 Å². The lowest BCUT2D eigenvalue weighted by atomic mass is 9.43. The molecule has 4 aliphatic rings. The van der Waals surface area contributed by atoms with Gasteiger partial charge in [-0.2, -0.15) is 0 Å². The molecular weight excluding hydrogens is 861 g/mol. The van der Waals surface area contributed by atoms with Gasteiger partial charge in [-0.15, -0.1) is 0 Å². The van der Waals surface area contributed by atoms with E-state index >= 15 is 4.79 Å². The normalized spacial score (nSPS) is 30.3. The van der Waals surface area contributed by atoms with Crippen LogP contribution >= 0.6 is 0 Å². The lowest BCUT2D eigenvalue weighted by Crippen LogP contribution is -2.80. The largest absolute Gasteiger partial charge is 0.457 e. The van der Waals surface area contributed by atoms with E-state index in [0.29, 0.717) is 16.7 Å². The summed E-state index contributed by atoms with van der Waals surface area (Å²) in [5, 5.41) is 19.5. The highest BCUT2D eigenvalue weighted by atomic mass is 16.6. The zero-order chi connectivity index (χ0) is 48.6. The molecule has 1 saturated heterocycles. The average molecular weight is 921 g/mol. The van der Waals surface area contributed by atoms with Crippen molar-refractivity contribution in [2.45, 2.75) is 116 Å². The van der Waals surface area contributed by atoms with Gasteiger partial charge in [0.05, 0.1) is 36.5 Å². The Kier molecular flexibility index (Phi) is 13.7. The molecule has 3 fully saturated rings. The van der Waals surface area contributed by atoms with Crippen molar-refractivity contribution in [2.24, 2.45) is 28.6 Å². The maximum atomic E-state index is 16.0. The minimum absolute atomic E-state index is 0.0929. The highest BCUT2D eigenvalue weighted by molar-refractivity contribution is 5.96. The van der Waals surface area contributed by atoms with E-state index in [2.05, 4.69) is 10.6 Å². The standard InChI is InChI=1S/C52H60N2O13/c1-29-26-38-51(28-63-38,67-33(5)56)43-45(66-48(61)36-22-16-11-17-23-36)52(62)27-37(30(2)40(49(52,6)7)42(44(58)50(29,43)8)65-39(57)24-25-53-32(4)55)64-47(60)31(3)41(34-18-12-9-13-19-34)54-46(59)35-20-14-10-15-21-35/h9-23,29,31,37-38,41-43,45,62H,24-28H2,1-8H3,(H,53,55)(H,54,59)/t29-,31+,37-,38+,41+,42+,43-,45-,50+,51-,52+/m0/s1. The van der Waals surface area contributed by atoms with Crippen LogP contribution in [-0.4, -0.2) is 95.4 Å². The minimum Gasteiger partial charge on any atom is -0.457 e. The molecule has 0 unspecified atom stereocenters. The Hall–Kier alpha value is -6.19. The van der Waals surface area contributed by atoms with Gasteiger partial charge in [-0.25, -0.2) is 4.79 Å². The Labute approximate surface area is 390 Å². The molecule has 2 bridgehead atoms. The maximum Gasteiger partial charge on any atom is 0.338 e. The molecule has 0 spiro atoms. The topological polar surface area (TPSA) is 210 Å². The zero-order valence-corrected chi connectivity index (χ0v) is 39.2. The van der Waals surface area contributed by atoms with Crippen LogP contribution in [0.2, 0.25) is 0 Å². The zero-order valence-electron chi connectivity index (χ0n) is 39.2. The van der Waals surface area contributed by atoms with E-state index in [0.717, 1.165) is 0 Å². The first kappa shape index (κ1) is 48.7. The number of ketones is 1. The molecule has 7 rings (SSSR count). The first-order valence-corrected chi connectivity index (χ1v) is 22.8. The van der Waals surface area contributed by atoms with Gasteiger partial charge >= 0.3 is 23.9 Å². The number of fused-ring (bicyclic) bond motifs is 5. The summed E-state index contributed by atoms with van der Waals surface area (Å²) in [7, 11) is 0. The molecular formula is C52H60N2O13. The second-order valence-corrected chi connectivity index (χ2v) is 19.2. The number of hydrogen-bond acceptors (Lipinski definition) is 13. The van der Waals surface area contributed by atoms with E-state index in [1.165, 1.54) is 13.8 Å². The molecule has 3 N–H and O–H groups in total. The van der Waals surface area contributed by atoms with Crippen LogP contribution < -0.4 is 10.6 Å². The highest BCUT2D eigenvalue weighted by Gasteiger charge is 2.77. The Morgan fingerprint density at radius 2 is 1.45 bits per heavy atom. The molecule has 11 atom stereocenters. The van der Waals surface area contributed by atoms with E-state index in [1.807, 2.05) is 6.92 Å². The summed E-state index contributed by atoms with van der Waals surface area (Å²) in [6, 6.07) is 24.7. The van der Waals surface area contributed by atoms with Crippen LogP contribution in [0, 0.1) is 28.6 Å². The SMILES string of the molecule is CC(=O)NCCC(=O)O[C@H]1C(=O)[C@@]2(C)[C@H]([C@H](OC(=O)c3ccccc3)[C@]3(O)C[C@H](OC(=O)[C@H](C)[C@@H](NC(=O)c4ccccc4)c4ccccc4)C(C)=C1C3(C)C)[C@]1(OC(C)=O)CO[C@@H]1C[C@@H]2C. The van der Waals surface area contributed by atoms with Crippen LogP contribution in [-0.2, 0) is 47.7 Å². The molecule has 3 aromatic rings. The van der Waals surface area contributed by atoms with E-state index < -0.39 is 112 Å². The summed E-state index contributed by atoms with van der Waals surface area (Å²) in [6.07, 6.45) is -5.97. The van der Waals surface area contributed by atoms with Crippen LogP contribution in [0.1, 0.15) is 107 Å². The third-order valence-corrected chi connectivity index (χ3v) is 14.9. The Balaban J connectivity index is 1.40. The van der Waals surface area contributed by atoms with E-state index in [1.54, 1.807) is 126 Å². The van der Waals surface area contributed by atoms with Gasteiger partial charge in [0.15, 0.2) is 17.5 Å². The molecule has 1 heterocycles. The molecule has 1 aliphatic heterocycles. The molecule has 356 valence electrons. The minimum atomic E-state index is -2.27. The lowest BCUT2D eigenvalue weighted by molar-refractivity contribution is -0.340. The van der Waals surface area contributed by atoms with Gasteiger partial charge in [0, 0.05) is 43.2 Å². The van der Waals surface area contributed by atoms with Crippen molar-refractivity contribution in [3.05, 3.63) is 119 Å². The fraction of sp³-hybridized carbons (Fsp3) is 0.481. The van der Waals surface area contributed by atoms with Gasteiger partial charge in [0.1, 0.15) is 23.9 Å². The third-order valence-electron chi connectivity index (χ3n) is 14.9. The van der Waals surface area contributed by atoms with Gasteiger partial charge in [-0.05, 0) is 67.2 Å². The molecule has 2 saturated carbocycles. The Morgan fingerprint density at radius 3 is 2.01 bits per heavy atom.